The van der Waals surface area contributed by atoms with Crippen LogP contribution in [0.25, 0.3) is 0 Å². The van der Waals surface area contributed by atoms with Crippen molar-refractivity contribution >= 4 is 41.2 Å². The third-order valence-electron chi connectivity index (χ3n) is 10.3. The second-order valence-corrected chi connectivity index (χ2v) is 19.1. The van der Waals surface area contributed by atoms with Crippen LogP contribution in [0.15, 0.2) is 0 Å². The molecule has 23 nitrogen and oxygen atoms in total. The van der Waals surface area contributed by atoms with E-state index in [1.165, 1.54) is 14.7 Å². The first-order valence-corrected chi connectivity index (χ1v) is 24.5. The SMILES string of the molecule is NCCCCCC(=O)N1C[C@H](O)C[C@H]1COP(=O)([O-])O[C@@H]1C[C@@H](COP(=O)([O-])O[C@@H]2C[C@@H](COP(=O)([O-])OO)N(C(=O)CCCCCN)C2)N(C(=O)CCCCCN)C1. The largest absolute Gasteiger partial charge is 0.756 e. The molecule has 0 aromatic carbocycles. The van der Waals surface area contributed by atoms with Crippen LogP contribution in [0.2, 0.25) is 0 Å². The van der Waals surface area contributed by atoms with Crippen LogP contribution < -0.4 is 31.9 Å². The summed E-state index contributed by atoms with van der Waals surface area (Å²) in [6.07, 6.45) is 2.52. The van der Waals surface area contributed by atoms with Gasteiger partial charge in [-0.25, -0.2) is 5.26 Å². The first kappa shape index (κ1) is 51.9. The maximum Gasteiger partial charge on any atom is 0.297 e. The Balaban J connectivity index is 1.63. The molecule has 0 spiro atoms. The summed E-state index contributed by atoms with van der Waals surface area (Å²) in [6.45, 7) is -0.904. The molecule has 3 fully saturated rings. The van der Waals surface area contributed by atoms with E-state index in [9.17, 15) is 47.9 Å². The maximum atomic E-state index is 13.3. The molecule has 0 aromatic heterocycles. The number of aliphatic hydroxyl groups excluding tert-OH is 1. The van der Waals surface area contributed by atoms with Crippen LogP contribution in [-0.4, -0.2) is 138 Å². The van der Waals surface area contributed by atoms with Crippen molar-refractivity contribution in [3.8, 4) is 0 Å². The Kier molecular flexibility index (Phi) is 22.5. The fourth-order valence-corrected chi connectivity index (χ4v) is 9.66. The molecule has 3 rings (SSSR count). The van der Waals surface area contributed by atoms with Gasteiger partial charge in [-0.1, -0.05) is 19.3 Å². The smallest absolute Gasteiger partial charge is 0.297 e. The lowest BCUT2D eigenvalue weighted by atomic mass is 10.1. The lowest BCUT2D eigenvalue weighted by molar-refractivity contribution is -0.284. The monoisotopic (exact) mass is 907 g/mol. The van der Waals surface area contributed by atoms with Crippen molar-refractivity contribution in [2.75, 3.05) is 59.1 Å². The van der Waals surface area contributed by atoms with Gasteiger partial charge in [-0.3, -0.25) is 28.1 Å². The van der Waals surface area contributed by atoms with Crippen LogP contribution >= 0.6 is 23.5 Å². The molecular weight excluding hydrogens is 845 g/mol. The molecule has 26 heteroatoms. The van der Waals surface area contributed by atoms with Gasteiger partial charge in [-0.05, 0) is 77.4 Å². The Hall–Kier alpha value is -1.46. The summed E-state index contributed by atoms with van der Waals surface area (Å²) in [5.74, 6) is -1.09. The van der Waals surface area contributed by atoms with Gasteiger partial charge >= 0.3 is 0 Å². The average Bonchev–Trinajstić information content (AvgIpc) is 3.90. The molecule has 8 N–H and O–H groups in total. The van der Waals surface area contributed by atoms with Crippen molar-refractivity contribution in [3.63, 3.8) is 0 Å². The minimum Gasteiger partial charge on any atom is -0.756 e. The van der Waals surface area contributed by atoms with Gasteiger partial charge in [0.15, 0.2) is 0 Å². The molecule has 0 radical (unpaired) electrons. The highest BCUT2D eigenvalue weighted by Crippen LogP contribution is 2.46. The lowest BCUT2D eigenvalue weighted by Crippen LogP contribution is -2.39. The van der Waals surface area contributed by atoms with Gasteiger partial charge in [0.2, 0.25) is 17.7 Å². The number of carbonyl (C=O) groups excluding carboxylic acids is 3. The van der Waals surface area contributed by atoms with E-state index in [4.69, 9.17) is 40.6 Å². The van der Waals surface area contributed by atoms with E-state index >= 15 is 0 Å². The number of hydrogen-bond donors (Lipinski definition) is 5. The summed E-state index contributed by atoms with van der Waals surface area (Å²) in [4.78, 5) is 80.8. The summed E-state index contributed by atoms with van der Waals surface area (Å²) in [6, 6.07) is -2.68. The van der Waals surface area contributed by atoms with Gasteiger partial charge < -0.3 is 74.3 Å². The van der Waals surface area contributed by atoms with Crippen LogP contribution in [0.5, 0.6) is 0 Å². The van der Waals surface area contributed by atoms with Crippen LogP contribution in [0.4, 0.5) is 0 Å². The van der Waals surface area contributed by atoms with E-state index in [1.807, 2.05) is 0 Å². The molecule has 344 valence electrons. The summed E-state index contributed by atoms with van der Waals surface area (Å²) < 4.78 is 66.7. The van der Waals surface area contributed by atoms with Gasteiger partial charge in [-0.2, -0.15) is 4.67 Å². The Morgan fingerprint density at radius 1 is 0.542 bits per heavy atom. The van der Waals surface area contributed by atoms with E-state index in [0.717, 1.165) is 12.8 Å². The van der Waals surface area contributed by atoms with Crippen LogP contribution in [0.1, 0.15) is 96.3 Å². The second kappa shape index (κ2) is 25.6. The number of likely N-dealkylation sites (tertiary alicyclic amines) is 3. The molecule has 0 bridgehead atoms. The molecule has 59 heavy (non-hydrogen) atoms. The second-order valence-electron chi connectivity index (χ2n) is 15.0. The predicted molar refractivity (Wildman–Crippen MR) is 203 cm³/mol. The predicted octanol–water partition coefficient (Wildman–Crippen LogP) is -0.578. The van der Waals surface area contributed by atoms with E-state index in [1.54, 1.807) is 0 Å². The molecule has 3 amide bonds. The molecule has 3 aliphatic rings. The standard InChI is InChI=1S/C33H65N6O17P3/c34-13-7-1-4-10-31(41)37-19-28(40)16-25(37)22-51-57(45,46)54-29-17-26(38(20-29)32(42)11-5-2-8-14-35)23-52-58(47,48)55-30-18-27(24-53-59(49,50)56-44)39(21-30)33(43)12-6-3-9-15-36/h25-30,40,44H,1-24,34-36H2,(H,45,46)(H,47,48)(H,49,50)/p-3/t25-,26-,27-,28+,29+,30+/m0/s1. The zero-order valence-electron chi connectivity index (χ0n) is 33.4. The molecular formula is C33H62N6O17P3-3. The van der Waals surface area contributed by atoms with Crippen molar-refractivity contribution < 1.29 is 80.4 Å². The van der Waals surface area contributed by atoms with Gasteiger partial charge in [0.1, 0.15) is 0 Å². The quantitative estimate of drug-likeness (QED) is 0.0271. The number of phosphoric ester groups is 3. The third-order valence-corrected chi connectivity index (χ3v) is 13.0. The molecule has 0 aliphatic carbocycles. The Morgan fingerprint density at radius 2 is 0.881 bits per heavy atom. The first-order chi connectivity index (χ1) is 27.9. The normalized spacial score (nSPS) is 26.5. The Bertz CT molecular complexity index is 1470. The van der Waals surface area contributed by atoms with Crippen LogP contribution in [0, 0.1) is 0 Å². The molecule has 0 aromatic rings. The number of unbranched alkanes of at least 4 members (excludes halogenated alkanes) is 6. The number of nitrogens with two attached hydrogens (primary N) is 3. The van der Waals surface area contributed by atoms with Gasteiger partial charge in [0.05, 0.1) is 56.3 Å². The molecule has 3 unspecified atom stereocenters. The molecule has 3 saturated heterocycles. The summed E-state index contributed by atoms with van der Waals surface area (Å²) in [7, 11) is -15.4. The Morgan fingerprint density at radius 3 is 1.24 bits per heavy atom. The van der Waals surface area contributed by atoms with Gasteiger partial charge in [-0.15, -0.1) is 0 Å². The molecule has 0 saturated carbocycles. The number of amides is 3. The number of nitrogens with zero attached hydrogens (tertiary/aromatic N) is 3. The highest BCUT2D eigenvalue weighted by molar-refractivity contribution is 7.46. The van der Waals surface area contributed by atoms with Crippen molar-refractivity contribution in [1.29, 1.82) is 0 Å². The van der Waals surface area contributed by atoms with E-state index < -0.39 is 91.5 Å². The fraction of sp³-hybridized carbons (Fsp3) is 0.909. The highest BCUT2D eigenvalue weighted by atomic mass is 31.2. The number of phosphoric acid groups is 3. The summed E-state index contributed by atoms with van der Waals surface area (Å²) in [5, 5.41) is 18.8. The molecule has 9 atom stereocenters. The molecule has 3 heterocycles. The molecule has 3 aliphatic heterocycles. The fourth-order valence-electron chi connectivity index (χ4n) is 7.39. The van der Waals surface area contributed by atoms with Gasteiger partial charge in [0.25, 0.3) is 23.5 Å². The number of hydrogen-bond acceptors (Lipinski definition) is 20. The maximum absolute atomic E-state index is 13.3. The third kappa shape index (κ3) is 18.4. The van der Waals surface area contributed by atoms with Crippen molar-refractivity contribution in [2.45, 2.75) is 133 Å². The number of rotatable bonds is 29. The van der Waals surface area contributed by atoms with Crippen LogP contribution in [-0.2, 0) is 55.4 Å². The van der Waals surface area contributed by atoms with E-state index in [0.29, 0.717) is 64.6 Å². The van der Waals surface area contributed by atoms with E-state index in [2.05, 4.69) is 9.20 Å². The zero-order valence-corrected chi connectivity index (χ0v) is 36.1. The van der Waals surface area contributed by atoms with Crippen molar-refractivity contribution in [1.82, 2.24) is 14.7 Å². The number of β-amino-alcohol motifs (C(OH)–C–C–N with tert-alkyl or cyclic N) is 1. The highest BCUT2D eigenvalue weighted by Gasteiger charge is 2.41. The topological polar surface area (TPSA) is 355 Å². The number of aliphatic hydroxyl groups is 1. The Labute approximate surface area is 344 Å². The van der Waals surface area contributed by atoms with Gasteiger partial charge in [0, 0.05) is 38.9 Å². The summed E-state index contributed by atoms with van der Waals surface area (Å²) in [5.41, 5.74) is 16.6. The van der Waals surface area contributed by atoms with Crippen LogP contribution in [0.3, 0.4) is 0 Å². The average molecular weight is 908 g/mol. The van der Waals surface area contributed by atoms with Crippen molar-refractivity contribution in [2.24, 2.45) is 17.2 Å². The summed E-state index contributed by atoms with van der Waals surface area (Å²) >= 11 is 0. The lowest BCUT2D eigenvalue weighted by Gasteiger charge is -2.30. The van der Waals surface area contributed by atoms with E-state index in [-0.39, 0.29) is 64.1 Å². The zero-order chi connectivity index (χ0) is 43.6. The number of carbonyl (C=O) groups is 3. The minimum absolute atomic E-state index is 0.0279. The van der Waals surface area contributed by atoms with Crippen molar-refractivity contribution in [3.05, 3.63) is 0 Å². The minimum atomic E-state index is -5.18. The first-order valence-electron chi connectivity index (χ1n) is 20.2.